The Morgan fingerprint density at radius 2 is 1.88 bits per heavy atom. The first kappa shape index (κ1) is 16.2. The summed E-state index contributed by atoms with van der Waals surface area (Å²) in [6.07, 6.45) is 2.29. The molecule has 0 radical (unpaired) electrons. The molecule has 2 aromatic rings. The third-order valence-electron chi connectivity index (χ3n) is 4.60. The maximum Gasteiger partial charge on any atom is 0.251 e. The molecule has 0 aliphatic heterocycles. The number of carbonyl (C=O) groups excluding carboxylic acids is 3. The lowest BCUT2D eigenvalue weighted by molar-refractivity contribution is -0.124. The van der Waals surface area contributed by atoms with Gasteiger partial charge in [-0.2, -0.15) is 0 Å². The number of amides is 2. The number of benzene rings is 2. The smallest absolute Gasteiger partial charge is 0.251 e. The average Bonchev–Trinajstić information content (AvgIpc) is 2.58. The maximum atomic E-state index is 12.5. The number of rotatable bonds is 4. The van der Waals surface area contributed by atoms with Crippen LogP contribution in [-0.2, 0) is 9.59 Å². The van der Waals surface area contributed by atoms with E-state index in [4.69, 9.17) is 5.73 Å². The van der Waals surface area contributed by atoms with Gasteiger partial charge in [0, 0.05) is 18.4 Å². The second-order valence-electron chi connectivity index (χ2n) is 6.31. The number of ketones is 1. The zero-order valence-corrected chi connectivity index (χ0v) is 13.3. The van der Waals surface area contributed by atoms with Crippen LogP contribution in [-0.4, -0.2) is 23.6 Å². The summed E-state index contributed by atoms with van der Waals surface area (Å²) in [4.78, 5) is 35.9. The molecule has 0 bridgehead atoms. The third kappa shape index (κ3) is 3.45. The molecule has 1 aliphatic rings. The van der Waals surface area contributed by atoms with Crippen LogP contribution >= 0.6 is 0 Å². The van der Waals surface area contributed by atoms with Gasteiger partial charge in [0.2, 0.25) is 5.91 Å². The van der Waals surface area contributed by atoms with E-state index in [9.17, 15) is 14.4 Å². The van der Waals surface area contributed by atoms with Crippen molar-refractivity contribution in [1.29, 1.82) is 0 Å². The van der Waals surface area contributed by atoms with Crippen molar-refractivity contribution in [2.24, 2.45) is 11.7 Å². The van der Waals surface area contributed by atoms with Gasteiger partial charge in [-0.1, -0.05) is 30.3 Å². The second kappa shape index (κ2) is 6.83. The van der Waals surface area contributed by atoms with Crippen LogP contribution in [0.25, 0.3) is 10.8 Å². The van der Waals surface area contributed by atoms with Gasteiger partial charge in [0.05, 0.1) is 0 Å². The highest BCUT2D eigenvalue weighted by Gasteiger charge is 2.32. The second-order valence-corrected chi connectivity index (χ2v) is 6.31. The zero-order valence-electron chi connectivity index (χ0n) is 13.3. The Morgan fingerprint density at radius 1 is 1.12 bits per heavy atom. The first-order valence-corrected chi connectivity index (χ1v) is 8.15. The molecular formula is C19H20N2O3. The Labute approximate surface area is 140 Å². The van der Waals surface area contributed by atoms with Gasteiger partial charge in [-0.15, -0.1) is 0 Å². The lowest BCUT2D eigenvalue weighted by Gasteiger charge is -2.28. The Bertz CT molecular complexity index is 800. The molecular weight excluding hydrogens is 304 g/mol. The predicted octanol–water partition coefficient (Wildman–Crippen LogP) is 2.18. The fraction of sp³-hybridized carbons (Fsp3) is 0.316. The summed E-state index contributed by atoms with van der Waals surface area (Å²) in [5, 5.41) is 4.71. The number of hydrogen-bond acceptors (Lipinski definition) is 3. The molecule has 5 nitrogen and oxygen atoms in total. The van der Waals surface area contributed by atoms with E-state index in [0.717, 1.165) is 23.6 Å². The van der Waals surface area contributed by atoms with Crippen molar-refractivity contribution >= 4 is 28.4 Å². The van der Waals surface area contributed by atoms with Gasteiger partial charge < -0.3 is 11.1 Å². The molecule has 1 aliphatic carbocycles. The normalized spacial score (nSPS) is 19.0. The average molecular weight is 324 g/mol. The monoisotopic (exact) mass is 324 g/mol. The molecule has 0 spiro atoms. The SMILES string of the molecule is NC(=O)[C@H](NC(=O)c1ccc2ccccc2c1)[C@H]1CCCC(=O)C1. The van der Waals surface area contributed by atoms with Gasteiger partial charge in [-0.25, -0.2) is 0 Å². The molecule has 3 rings (SSSR count). The van der Waals surface area contributed by atoms with Crippen molar-refractivity contribution in [1.82, 2.24) is 5.32 Å². The first-order valence-electron chi connectivity index (χ1n) is 8.15. The number of carbonyl (C=O) groups is 3. The van der Waals surface area contributed by atoms with Gasteiger partial charge in [0.15, 0.2) is 0 Å². The number of primary amides is 1. The minimum Gasteiger partial charge on any atom is -0.368 e. The Kier molecular flexibility index (Phi) is 4.60. The van der Waals surface area contributed by atoms with E-state index in [1.54, 1.807) is 12.1 Å². The molecule has 2 amide bonds. The Balaban J connectivity index is 1.79. The third-order valence-corrected chi connectivity index (χ3v) is 4.60. The number of fused-ring (bicyclic) bond motifs is 1. The van der Waals surface area contributed by atoms with Gasteiger partial charge in [0.1, 0.15) is 11.8 Å². The molecule has 0 unspecified atom stereocenters. The van der Waals surface area contributed by atoms with Crippen LogP contribution in [0, 0.1) is 5.92 Å². The topological polar surface area (TPSA) is 89.3 Å². The highest BCUT2D eigenvalue weighted by molar-refractivity contribution is 6.00. The standard InChI is InChI=1S/C19H20N2O3/c20-18(23)17(14-6-3-7-16(22)11-14)21-19(24)15-9-8-12-4-1-2-5-13(12)10-15/h1-2,4-5,8-10,14,17H,3,6-7,11H2,(H2,20,23)(H,21,24)/t14-,17+/m0/s1. The molecule has 124 valence electrons. The highest BCUT2D eigenvalue weighted by Crippen LogP contribution is 2.25. The van der Waals surface area contributed by atoms with Crippen molar-refractivity contribution in [2.75, 3.05) is 0 Å². The van der Waals surface area contributed by atoms with Gasteiger partial charge >= 0.3 is 0 Å². The summed E-state index contributed by atoms with van der Waals surface area (Å²) in [5.41, 5.74) is 5.94. The van der Waals surface area contributed by atoms with Gasteiger partial charge in [-0.05, 0) is 41.7 Å². The van der Waals surface area contributed by atoms with E-state index in [0.29, 0.717) is 18.4 Å². The molecule has 1 saturated carbocycles. The molecule has 2 atom stereocenters. The summed E-state index contributed by atoms with van der Waals surface area (Å²) in [5.74, 6) is -1.03. The van der Waals surface area contributed by atoms with E-state index in [1.165, 1.54) is 0 Å². The first-order chi connectivity index (χ1) is 11.5. The summed E-state index contributed by atoms with van der Waals surface area (Å²) in [6.45, 7) is 0. The summed E-state index contributed by atoms with van der Waals surface area (Å²) in [6, 6.07) is 12.3. The fourth-order valence-corrected chi connectivity index (χ4v) is 3.32. The van der Waals surface area contributed by atoms with Crippen molar-refractivity contribution in [2.45, 2.75) is 31.7 Å². The van der Waals surface area contributed by atoms with Crippen LogP contribution < -0.4 is 11.1 Å². The van der Waals surface area contributed by atoms with E-state index in [1.807, 2.05) is 30.3 Å². The molecule has 2 aromatic carbocycles. The van der Waals surface area contributed by atoms with E-state index < -0.39 is 11.9 Å². The summed E-state index contributed by atoms with van der Waals surface area (Å²) in [7, 11) is 0. The molecule has 1 fully saturated rings. The summed E-state index contributed by atoms with van der Waals surface area (Å²) >= 11 is 0. The van der Waals surface area contributed by atoms with Crippen molar-refractivity contribution < 1.29 is 14.4 Å². The fourth-order valence-electron chi connectivity index (χ4n) is 3.32. The van der Waals surface area contributed by atoms with Crippen molar-refractivity contribution in [3.63, 3.8) is 0 Å². The van der Waals surface area contributed by atoms with Crippen LogP contribution in [0.3, 0.4) is 0 Å². The van der Waals surface area contributed by atoms with Crippen molar-refractivity contribution in [3.05, 3.63) is 48.0 Å². The van der Waals surface area contributed by atoms with Crippen molar-refractivity contribution in [3.8, 4) is 0 Å². The van der Waals surface area contributed by atoms with Crippen LogP contribution in [0.15, 0.2) is 42.5 Å². The molecule has 0 heterocycles. The number of hydrogen-bond donors (Lipinski definition) is 2. The Hall–Kier alpha value is -2.69. The van der Waals surface area contributed by atoms with Crippen LogP contribution in [0.2, 0.25) is 0 Å². The number of nitrogens with two attached hydrogens (primary N) is 1. The Morgan fingerprint density at radius 3 is 2.58 bits per heavy atom. The highest BCUT2D eigenvalue weighted by atomic mass is 16.2. The molecule has 3 N–H and O–H groups in total. The largest absolute Gasteiger partial charge is 0.368 e. The van der Waals surface area contributed by atoms with Crippen LogP contribution in [0.5, 0.6) is 0 Å². The minimum absolute atomic E-state index is 0.123. The van der Waals surface area contributed by atoms with Crippen LogP contribution in [0.1, 0.15) is 36.0 Å². The van der Waals surface area contributed by atoms with E-state index in [2.05, 4.69) is 5.32 Å². The lowest BCUT2D eigenvalue weighted by Crippen LogP contribution is -2.50. The van der Waals surface area contributed by atoms with Gasteiger partial charge in [-0.3, -0.25) is 14.4 Å². The van der Waals surface area contributed by atoms with Gasteiger partial charge in [0.25, 0.3) is 5.91 Å². The number of Topliss-reactive ketones (excluding diaryl/α,β-unsaturated/α-hetero) is 1. The molecule has 24 heavy (non-hydrogen) atoms. The summed E-state index contributed by atoms with van der Waals surface area (Å²) < 4.78 is 0. The minimum atomic E-state index is -0.812. The van der Waals surface area contributed by atoms with E-state index >= 15 is 0 Å². The molecule has 5 heteroatoms. The van der Waals surface area contributed by atoms with E-state index in [-0.39, 0.29) is 17.6 Å². The molecule has 0 aromatic heterocycles. The quantitative estimate of drug-likeness (QED) is 0.903. The maximum absolute atomic E-state index is 12.5. The number of nitrogens with one attached hydrogen (secondary N) is 1. The van der Waals surface area contributed by atoms with Crippen LogP contribution in [0.4, 0.5) is 0 Å². The zero-order chi connectivity index (χ0) is 17.1. The predicted molar refractivity (Wildman–Crippen MR) is 91.4 cm³/mol. The lowest BCUT2D eigenvalue weighted by atomic mass is 9.82. The molecule has 0 saturated heterocycles.